The summed E-state index contributed by atoms with van der Waals surface area (Å²) in [5.41, 5.74) is 5.53. The zero-order valence-corrected chi connectivity index (χ0v) is 10.0. The highest BCUT2D eigenvalue weighted by Gasteiger charge is 2.31. The topological polar surface area (TPSA) is 84.1 Å². The van der Waals surface area contributed by atoms with Crippen LogP contribution >= 0.6 is 0 Å². The molecule has 1 heterocycles. The zero-order chi connectivity index (χ0) is 12.1. The lowest BCUT2D eigenvalue weighted by molar-refractivity contribution is 0.0943. The molecule has 1 aliphatic carbocycles. The van der Waals surface area contributed by atoms with Crippen LogP contribution in [0.25, 0.3) is 0 Å². The standard InChI is InChI=1S/C12H20N4O/c13-11-14-7-4-10(16-11)15-8-12(9-17)5-2-1-3-6-12/h4,7,17H,1-3,5-6,8-9H2,(H3,13,14,15,16). The Morgan fingerprint density at radius 3 is 2.76 bits per heavy atom. The van der Waals surface area contributed by atoms with E-state index in [0.717, 1.165) is 25.2 Å². The number of hydrogen-bond acceptors (Lipinski definition) is 5. The first-order valence-electron chi connectivity index (χ1n) is 6.17. The average molecular weight is 236 g/mol. The summed E-state index contributed by atoms with van der Waals surface area (Å²) in [6.45, 7) is 0.987. The van der Waals surface area contributed by atoms with Crippen molar-refractivity contribution in [2.24, 2.45) is 5.41 Å². The number of aliphatic hydroxyl groups is 1. The van der Waals surface area contributed by atoms with Gasteiger partial charge in [0.2, 0.25) is 5.95 Å². The summed E-state index contributed by atoms with van der Waals surface area (Å²) >= 11 is 0. The molecule has 1 aliphatic rings. The summed E-state index contributed by atoms with van der Waals surface area (Å²) in [4.78, 5) is 7.95. The fourth-order valence-corrected chi connectivity index (χ4v) is 2.44. The van der Waals surface area contributed by atoms with Crippen molar-refractivity contribution in [1.82, 2.24) is 9.97 Å². The highest BCUT2D eigenvalue weighted by Crippen LogP contribution is 2.35. The summed E-state index contributed by atoms with van der Waals surface area (Å²) < 4.78 is 0. The molecule has 0 radical (unpaired) electrons. The molecule has 2 rings (SSSR count). The number of nitrogens with one attached hydrogen (secondary N) is 1. The molecule has 0 saturated heterocycles. The lowest BCUT2D eigenvalue weighted by Crippen LogP contribution is -2.35. The van der Waals surface area contributed by atoms with Crippen LogP contribution in [0.4, 0.5) is 11.8 Å². The predicted octanol–water partition coefficient (Wildman–Crippen LogP) is 1.41. The van der Waals surface area contributed by atoms with Gasteiger partial charge < -0.3 is 16.2 Å². The van der Waals surface area contributed by atoms with E-state index in [4.69, 9.17) is 5.73 Å². The van der Waals surface area contributed by atoms with Crippen LogP contribution in [-0.2, 0) is 0 Å². The molecule has 1 aromatic heterocycles. The Hall–Kier alpha value is -1.36. The molecular weight excluding hydrogens is 216 g/mol. The van der Waals surface area contributed by atoms with Gasteiger partial charge in [-0.25, -0.2) is 4.98 Å². The lowest BCUT2D eigenvalue weighted by Gasteiger charge is -2.35. The Morgan fingerprint density at radius 1 is 1.35 bits per heavy atom. The van der Waals surface area contributed by atoms with Gasteiger partial charge in [-0.15, -0.1) is 0 Å². The minimum absolute atomic E-state index is 0.0119. The van der Waals surface area contributed by atoms with Gasteiger partial charge in [0.1, 0.15) is 5.82 Å². The summed E-state index contributed by atoms with van der Waals surface area (Å²) in [6.07, 6.45) is 7.48. The van der Waals surface area contributed by atoms with Crippen molar-refractivity contribution in [3.63, 3.8) is 0 Å². The van der Waals surface area contributed by atoms with Crippen molar-refractivity contribution in [2.45, 2.75) is 32.1 Å². The number of nitrogens with zero attached hydrogens (tertiary/aromatic N) is 2. The second-order valence-corrected chi connectivity index (χ2v) is 4.87. The molecule has 0 unspecified atom stereocenters. The SMILES string of the molecule is Nc1nccc(NCC2(CO)CCCCC2)n1. The number of rotatable bonds is 4. The highest BCUT2D eigenvalue weighted by molar-refractivity contribution is 5.37. The van der Waals surface area contributed by atoms with E-state index < -0.39 is 0 Å². The smallest absolute Gasteiger partial charge is 0.221 e. The van der Waals surface area contributed by atoms with Gasteiger partial charge in [0, 0.05) is 18.2 Å². The average Bonchev–Trinajstić information content (AvgIpc) is 2.38. The second-order valence-electron chi connectivity index (χ2n) is 4.87. The van der Waals surface area contributed by atoms with Gasteiger partial charge in [-0.1, -0.05) is 19.3 Å². The maximum Gasteiger partial charge on any atom is 0.221 e. The fourth-order valence-electron chi connectivity index (χ4n) is 2.44. The van der Waals surface area contributed by atoms with Crippen LogP contribution in [0, 0.1) is 5.41 Å². The van der Waals surface area contributed by atoms with E-state index in [9.17, 15) is 5.11 Å². The zero-order valence-electron chi connectivity index (χ0n) is 10.0. The van der Waals surface area contributed by atoms with Crippen LogP contribution in [0.15, 0.2) is 12.3 Å². The van der Waals surface area contributed by atoms with Crippen LogP contribution < -0.4 is 11.1 Å². The minimum Gasteiger partial charge on any atom is -0.396 e. The first kappa shape index (κ1) is 12.1. The summed E-state index contributed by atoms with van der Waals surface area (Å²) in [5.74, 6) is 1.01. The number of nitrogens with two attached hydrogens (primary N) is 1. The van der Waals surface area contributed by atoms with Gasteiger partial charge in [-0.3, -0.25) is 0 Å². The third-order valence-corrected chi connectivity index (χ3v) is 3.57. The van der Waals surface area contributed by atoms with Gasteiger partial charge in [-0.05, 0) is 18.9 Å². The Balaban J connectivity index is 1.95. The monoisotopic (exact) mass is 236 g/mol. The van der Waals surface area contributed by atoms with Crippen LogP contribution in [-0.4, -0.2) is 28.2 Å². The molecule has 0 amide bonds. The van der Waals surface area contributed by atoms with Crippen molar-refractivity contribution in [1.29, 1.82) is 0 Å². The summed E-state index contributed by atoms with van der Waals surface area (Å²) in [5, 5.41) is 12.8. The van der Waals surface area contributed by atoms with Gasteiger partial charge >= 0.3 is 0 Å². The molecule has 5 heteroatoms. The number of hydrogen-bond donors (Lipinski definition) is 3. The van der Waals surface area contributed by atoms with Crippen LogP contribution in [0.5, 0.6) is 0 Å². The van der Waals surface area contributed by atoms with Crippen molar-refractivity contribution in [3.05, 3.63) is 12.3 Å². The number of aliphatic hydroxyl groups excluding tert-OH is 1. The third-order valence-electron chi connectivity index (χ3n) is 3.57. The predicted molar refractivity (Wildman–Crippen MR) is 67.5 cm³/mol. The molecule has 1 fully saturated rings. The van der Waals surface area contributed by atoms with E-state index in [1.165, 1.54) is 19.3 Å². The summed E-state index contributed by atoms with van der Waals surface area (Å²) in [7, 11) is 0. The van der Waals surface area contributed by atoms with Gasteiger partial charge in [-0.2, -0.15) is 4.98 Å². The number of anilines is 2. The van der Waals surface area contributed by atoms with Gasteiger partial charge in [0.05, 0.1) is 6.61 Å². The molecular formula is C12H20N4O. The Kier molecular flexibility index (Phi) is 3.78. The van der Waals surface area contributed by atoms with Crippen molar-refractivity contribution >= 4 is 11.8 Å². The van der Waals surface area contributed by atoms with E-state index >= 15 is 0 Å². The van der Waals surface area contributed by atoms with Crippen LogP contribution in [0.2, 0.25) is 0 Å². The molecule has 17 heavy (non-hydrogen) atoms. The first-order valence-corrected chi connectivity index (χ1v) is 6.17. The van der Waals surface area contributed by atoms with Crippen LogP contribution in [0.1, 0.15) is 32.1 Å². The van der Waals surface area contributed by atoms with Gasteiger partial charge in [0.25, 0.3) is 0 Å². The molecule has 1 saturated carbocycles. The number of aromatic nitrogens is 2. The fraction of sp³-hybridized carbons (Fsp3) is 0.667. The normalized spacial score (nSPS) is 18.9. The van der Waals surface area contributed by atoms with E-state index in [1.807, 2.05) is 0 Å². The maximum absolute atomic E-state index is 9.58. The molecule has 0 aliphatic heterocycles. The molecule has 1 aromatic rings. The molecule has 94 valence electrons. The Labute approximate surface area is 101 Å². The summed E-state index contributed by atoms with van der Waals surface area (Å²) in [6, 6.07) is 1.80. The Morgan fingerprint density at radius 2 is 2.12 bits per heavy atom. The largest absolute Gasteiger partial charge is 0.396 e. The van der Waals surface area contributed by atoms with E-state index in [2.05, 4.69) is 15.3 Å². The first-order chi connectivity index (χ1) is 8.24. The maximum atomic E-state index is 9.58. The molecule has 0 bridgehead atoms. The van der Waals surface area contributed by atoms with E-state index in [1.54, 1.807) is 12.3 Å². The van der Waals surface area contributed by atoms with Crippen molar-refractivity contribution in [3.8, 4) is 0 Å². The third kappa shape index (κ3) is 3.06. The Bertz CT molecular complexity index is 363. The van der Waals surface area contributed by atoms with Crippen molar-refractivity contribution in [2.75, 3.05) is 24.2 Å². The minimum atomic E-state index is 0.0119. The molecule has 5 nitrogen and oxygen atoms in total. The second kappa shape index (κ2) is 5.31. The van der Waals surface area contributed by atoms with Gasteiger partial charge in [0.15, 0.2) is 0 Å². The van der Waals surface area contributed by atoms with Crippen LogP contribution in [0.3, 0.4) is 0 Å². The van der Waals surface area contributed by atoms with Crippen molar-refractivity contribution < 1.29 is 5.11 Å². The van der Waals surface area contributed by atoms with E-state index in [0.29, 0.717) is 0 Å². The van der Waals surface area contributed by atoms with E-state index in [-0.39, 0.29) is 18.0 Å². The highest BCUT2D eigenvalue weighted by atomic mass is 16.3. The molecule has 0 aromatic carbocycles. The lowest BCUT2D eigenvalue weighted by atomic mass is 9.74. The quantitative estimate of drug-likeness (QED) is 0.736. The molecule has 4 N–H and O–H groups in total. The molecule has 0 spiro atoms. The molecule has 0 atom stereocenters. The number of nitrogen functional groups attached to an aromatic ring is 1.